The third kappa shape index (κ3) is 8.72. The van der Waals surface area contributed by atoms with Crippen LogP contribution in [0.4, 0.5) is 0 Å². The van der Waals surface area contributed by atoms with Crippen molar-refractivity contribution in [3.63, 3.8) is 0 Å². The Morgan fingerprint density at radius 1 is 1.05 bits per heavy atom. The molecular formula is C26H38N6O6. The summed E-state index contributed by atoms with van der Waals surface area (Å²) in [6.45, 7) is 3.17. The highest BCUT2D eigenvalue weighted by atomic mass is 16.5. The number of primary amides is 1. The molecule has 0 radical (unpaired) electrons. The zero-order valence-electron chi connectivity index (χ0n) is 21.9. The van der Waals surface area contributed by atoms with Gasteiger partial charge < -0.3 is 36.2 Å². The highest BCUT2D eigenvalue weighted by molar-refractivity contribution is 6.01. The first-order valence-corrected chi connectivity index (χ1v) is 13.1. The van der Waals surface area contributed by atoms with Gasteiger partial charge in [0.05, 0.1) is 24.9 Å². The summed E-state index contributed by atoms with van der Waals surface area (Å²) in [7, 11) is 1.51. The van der Waals surface area contributed by atoms with Crippen LogP contribution >= 0.6 is 0 Å². The molecule has 1 fully saturated rings. The number of nitrogens with one attached hydrogen (secondary N) is 3. The zero-order valence-corrected chi connectivity index (χ0v) is 21.9. The Hall–Kier alpha value is -3.67. The molecule has 0 aliphatic carbocycles. The second-order valence-corrected chi connectivity index (χ2v) is 9.67. The maximum Gasteiger partial charge on any atom is 0.255 e. The van der Waals surface area contributed by atoms with Gasteiger partial charge in [0.1, 0.15) is 24.4 Å². The number of hydrogen-bond donors (Lipinski definition) is 4. The van der Waals surface area contributed by atoms with Crippen LogP contribution in [0.2, 0.25) is 0 Å². The average Bonchev–Trinajstić information content (AvgIpc) is 3.15. The summed E-state index contributed by atoms with van der Waals surface area (Å²) in [6, 6.07) is 4.11. The summed E-state index contributed by atoms with van der Waals surface area (Å²) in [5.41, 5.74) is 5.50. The minimum atomic E-state index is -1.22. The van der Waals surface area contributed by atoms with Crippen LogP contribution in [0.25, 0.3) is 0 Å². The Labute approximate surface area is 222 Å². The first-order valence-electron chi connectivity index (χ1n) is 13.1. The van der Waals surface area contributed by atoms with Gasteiger partial charge in [0.25, 0.3) is 5.91 Å². The van der Waals surface area contributed by atoms with E-state index in [4.69, 9.17) is 10.5 Å². The number of para-hydroxylation sites is 1. The molecule has 5 amide bonds. The van der Waals surface area contributed by atoms with Gasteiger partial charge in [-0.2, -0.15) is 0 Å². The topological polar surface area (TPSA) is 163 Å². The predicted molar refractivity (Wildman–Crippen MR) is 139 cm³/mol. The molecule has 208 valence electrons. The second-order valence-electron chi connectivity index (χ2n) is 9.67. The van der Waals surface area contributed by atoms with Crippen molar-refractivity contribution in [1.29, 1.82) is 0 Å². The summed E-state index contributed by atoms with van der Waals surface area (Å²) in [4.78, 5) is 67.3. The SMILES string of the molecule is CN1CCOc2ccccc2C(=O)N[C@H](C(=O)NCCN2CCCCCC2)CC(=O)N[C@@H](CC(N)=O)C1=O. The minimum Gasteiger partial charge on any atom is -0.491 e. The maximum atomic E-state index is 13.1. The van der Waals surface area contributed by atoms with E-state index in [0.717, 1.165) is 25.9 Å². The van der Waals surface area contributed by atoms with Crippen LogP contribution in [-0.4, -0.2) is 97.8 Å². The summed E-state index contributed by atoms with van der Waals surface area (Å²) >= 11 is 0. The Bertz CT molecular complexity index is 1010. The molecule has 0 saturated carbocycles. The number of nitrogens with zero attached hydrogens (tertiary/aromatic N) is 2. The molecule has 38 heavy (non-hydrogen) atoms. The van der Waals surface area contributed by atoms with Crippen molar-refractivity contribution < 1.29 is 28.7 Å². The third-order valence-electron chi connectivity index (χ3n) is 6.67. The monoisotopic (exact) mass is 530 g/mol. The van der Waals surface area contributed by atoms with E-state index in [1.807, 2.05) is 0 Å². The largest absolute Gasteiger partial charge is 0.491 e. The Morgan fingerprint density at radius 2 is 1.76 bits per heavy atom. The first-order chi connectivity index (χ1) is 18.2. The van der Waals surface area contributed by atoms with E-state index in [-0.39, 0.29) is 24.5 Å². The van der Waals surface area contributed by atoms with E-state index in [2.05, 4.69) is 20.9 Å². The molecule has 1 aromatic carbocycles. The summed E-state index contributed by atoms with van der Waals surface area (Å²) in [5, 5.41) is 7.97. The van der Waals surface area contributed by atoms with Gasteiger partial charge in [-0.3, -0.25) is 24.0 Å². The van der Waals surface area contributed by atoms with Crippen LogP contribution in [0.1, 0.15) is 48.9 Å². The number of carbonyl (C=O) groups is 5. The van der Waals surface area contributed by atoms with Crippen molar-refractivity contribution in [1.82, 2.24) is 25.8 Å². The van der Waals surface area contributed by atoms with E-state index in [9.17, 15) is 24.0 Å². The lowest BCUT2D eigenvalue weighted by Gasteiger charge is -2.26. The molecule has 12 heteroatoms. The standard InChI is InChI=1S/C26H38N6O6/c1-31-14-15-38-21-9-5-4-8-18(21)24(35)30-19(17-23(34)29-20(26(31)37)16-22(27)33)25(36)28-10-13-32-11-6-2-3-7-12-32/h4-5,8-9,19-20H,2-3,6-7,10-17H2,1H3,(H2,27,33)(H,28,36)(H,29,34)(H,30,35)/t19-,20-/m0/s1. The highest BCUT2D eigenvalue weighted by Gasteiger charge is 2.30. The number of rotatable bonds is 6. The lowest BCUT2D eigenvalue weighted by atomic mass is 10.1. The number of amides is 5. The Morgan fingerprint density at radius 3 is 2.47 bits per heavy atom. The van der Waals surface area contributed by atoms with Crippen LogP contribution in [0, 0.1) is 0 Å². The molecule has 3 rings (SSSR count). The minimum absolute atomic E-state index is 0.0597. The van der Waals surface area contributed by atoms with Crippen LogP contribution in [0.5, 0.6) is 5.75 Å². The molecule has 0 spiro atoms. The number of likely N-dealkylation sites (N-methyl/N-ethyl adjacent to an activating group) is 1. The van der Waals surface area contributed by atoms with Gasteiger partial charge in [0.15, 0.2) is 0 Å². The number of hydrogen-bond acceptors (Lipinski definition) is 7. The van der Waals surface area contributed by atoms with Gasteiger partial charge in [0.2, 0.25) is 23.6 Å². The molecule has 2 aliphatic heterocycles. The Balaban J connectivity index is 1.78. The molecule has 5 N–H and O–H groups in total. The molecule has 0 bridgehead atoms. The highest BCUT2D eigenvalue weighted by Crippen LogP contribution is 2.18. The van der Waals surface area contributed by atoms with Crippen molar-refractivity contribution in [3.8, 4) is 5.75 Å². The van der Waals surface area contributed by atoms with E-state index >= 15 is 0 Å². The fraction of sp³-hybridized carbons (Fsp3) is 0.577. The van der Waals surface area contributed by atoms with E-state index in [1.165, 1.54) is 24.8 Å². The third-order valence-corrected chi connectivity index (χ3v) is 6.67. The summed E-state index contributed by atoms with van der Waals surface area (Å²) in [5.74, 6) is -2.78. The number of fused-ring (bicyclic) bond motifs is 1. The fourth-order valence-corrected chi connectivity index (χ4v) is 4.55. The number of nitrogens with two attached hydrogens (primary N) is 1. The van der Waals surface area contributed by atoms with Crippen LogP contribution in [0.3, 0.4) is 0 Å². The summed E-state index contributed by atoms with van der Waals surface area (Å²) in [6.07, 6.45) is 3.80. The predicted octanol–water partition coefficient (Wildman–Crippen LogP) is -0.622. The van der Waals surface area contributed by atoms with Crippen LogP contribution in [-0.2, 0) is 19.2 Å². The second kappa shape index (κ2) is 14.3. The maximum absolute atomic E-state index is 13.1. The van der Waals surface area contributed by atoms with Crippen molar-refractivity contribution in [3.05, 3.63) is 29.8 Å². The molecule has 12 nitrogen and oxygen atoms in total. The molecule has 2 atom stereocenters. The van der Waals surface area contributed by atoms with E-state index < -0.39 is 54.5 Å². The van der Waals surface area contributed by atoms with Crippen LogP contribution < -0.4 is 26.4 Å². The molecule has 2 aliphatic rings. The number of likely N-dealkylation sites (tertiary alicyclic amines) is 1. The smallest absolute Gasteiger partial charge is 0.255 e. The zero-order chi connectivity index (χ0) is 27.5. The van der Waals surface area contributed by atoms with Gasteiger partial charge >= 0.3 is 0 Å². The lowest BCUT2D eigenvalue weighted by molar-refractivity contribution is -0.137. The number of carbonyl (C=O) groups excluding carboxylic acids is 5. The molecular weight excluding hydrogens is 492 g/mol. The summed E-state index contributed by atoms with van der Waals surface area (Å²) < 4.78 is 5.76. The van der Waals surface area contributed by atoms with E-state index in [0.29, 0.717) is 13.1 Å². The van der Waals surface area contributed by atoms with Crippen molar-refractivity contribution in [2.45, 2.75) is 50.6 Å². The van der Waals surface area contributed by atoms with Gasteiger partial charge in [-0.05, 0) is 38.1 Å². The first kappa shape index (κ1) is 28.9. The van der Waals surface area contributed by atoms with Crippen LogP contribution in [0.15, 0.2) is 24.3 Å². The Kier molecular flexibility index (Phi) is 10.9. The van der Waals surface area contributed by atoms with Gasteiger partial charge in [-0.1, -0.05) is 25.0 Å². The normalized spacial score (nSPS) is 22.1. The molecule has 2 heterocycles. The van der Waals surface area contributed by atoms with Crippen molar-refractivity contribution >= 4 is 29.5 Å². The van der Waals surface area contributed by atoms with Gasteiger partial charge in [-0.15, -0.1) is 0 Å². The lowest BCUT2D eigenvalue weighted by Crippen LogP contribution is -2.53. The molecule has 1 aromatic rings. The van der Waals surface area contributed by atoms with Gasteiger partial charge in [0, 0.05) is 20.1 Å². The quantitative estimate of drug-likeness (QED) is 0.381. The van der Waals surface area contributed by atoms with Gasteiger partial charge in [-0.25, -0.2) is 0 Å². The number of benzene rings is 1. The number of ether oxygens (including phenoxy) is 1. The molecule has 1 saturated heterocycles. The fourth-order valence-electron chi connectivity index (χ4n) is 4.55. The average molecular weight is 531 g/mol. The van der Waals surface area contributed by atoms with Crippen molar-refractivity contribution in [2.24, 2.45) is 5.73 Å². The molecule has 0 unspecified atom stereocenters. The van der Waals surface area contributed by atoms with Crippen molar-refractivity contribution in [2.75, 3.05) is 46.4 Å². The van der Waals surface area contributed by atoms with E-state index in [1.54, 1.807) is 24.3 Å². The molecule has 0 aromatic heterocycles.